The van der Waals surface area contributed by atoms with Crippen molar-refractivity contribution >= 4 is 38.3 Å². The lowest BCUT2D eigenvalue weighted by Gasteiger charge is -2.26. The van der Waals surface area contributed by atoms with Crippen LogP contribution in [0.25, 0.3) is 10.9 Å². The van der Waals surface area contributed by atoms with Gasteiger partial charge in [-0.3, -0.25) is 5.32 Å². The third-order valence-electron chi connectivity index (χ3n) is 6.99. The molecule has 1 aliphatic heterocycles. The molecule has 4 aromatic rings. The van der Waals surface area contributed by atoms with Crippen molar-refractivity contribution in [1.29, 1.82) is 0 Å². The molecule has 0 atom stereocenters. The highest BCUT2D eigenvalue weighted by Crippen LogP contribution is 2.36. The zero-order valence-electron chi connectivity index (χ0n) is 25.1. The number of carbonyl (C=O) groups excluding carboxylic acids is 1. The highest BCUT2D eigenvalue weighted by molar-refractivity contribution is 7.91. The van der Waals surface area contributed by atoms with Crippen molar-refractivity contribution in [1.82, 2.24) is 20.0 Å². The van der Waals surface area contributed by atoms with Crippen LogP contribution in [0, 0.1) is 0 Å². The fourth-order valence-electron chi connectivity index (χ4n) is 4.55. The lowest BCUT2D eigenvalue weighted by molar-refractivity contribution is 0.240. The van der Waals surface area contributed by atoms with Gasteiger partial charge in [-0.25, -0.2) is 23.2 Å². The summed E-state index contributed by atoms with van der Waals surface area (Å²) < 4.78 is 46.4. The van der Waals surface area contributed by atoms with Gasteiger partial charge < -0.3 is 29.0 Å². The van der Waals surface area contributed by atoms with E-state index < -0.39 is 15.9 Å². The molecule has 0 aliphatic carbocycles. The first-order valence-corrected chi connectivity index (χ1v) is 16.0. The fourth-order valence-corrected chi connectivity index (χ4v) is 5.83. The second-order valence-electron chi connectivity index (χ2n) is 11.4. The number of methoxy groups -OCH3 is 1. The summed E-state index contributed by atoms with van der Waals surface area (Å²) in [6.07, 6.45) is 2.12. The maximum Gasteiger partial charge on any atom is 0.324 e. The topological polar surface area (TPSA) is 158 Å². The summed E-state index contributed by atoms with van der Waals surface area (Å²) in [5.74, 6) is 3.13. The Hall–Kier alpha value is -4.43. The quantitative estimate of drug-likeness (QED) is 0.232. The molecule has 2 aromatic heterocycles. The van der Waals surface area contributed by atoms with Gasteiger partial charge in [0.05, 0.1) is 36.1 Å². The predicted molar refractivity (Wildman–Crippen MR) is 166 cm³/mol. The number of sulfone groups is 1. The summed E-state index contributed by atoms with van der Waals surface area (Å²) in [6.45, 7) is 8.21. The molecular formula is C30H36N6O7S. The van der Waals surface area contributed by atoms with Crippen LogP contribution in [0.15, 0.2) is 53.3 Å². The van der Waals surface area contributed by atoms with Gasteiger partial charge in [0.25, 0.3) is 0 Å². The predicted octanol–water partition coefficient (Wildman–Crippen LogP) is 4.86. The summed E-state index contributed by atoms with van der Waals surface area (Å²) in [5, 5.41) is 9.96. The zero-order valence-corrected chi connectivity index (χ0v) is 25.9. The van der Waals surface area contributed by atoms with Crippen LogP contribution in [0.5, 0.6) is 23.1 Å². The molecule has 0 saturated carbocycles. The van der Waals surface area contributed by atoms with Crippen molar-refractivity contribution < 1.29 is 31.9 Å². The highest BCUT2D eigenvalue weighted by Gasteiger charge is 2.22. The average Bonchev–Trinajstić information content (AvgIpc) is 3.45. The second kappa shape index (κ2) is 13.1. The molecule has 2 N–H and O–H groups in total. The number of aromatic nitrogens is 3. The number of ether oxygens (including phenoxy) is 3. The Morgan fingerprint density at radius 3 is 2.57 bits per heavy atom. The largest absolute Gasteiger partial charge is 0.493 e. The Kier molecular flexibility index (Phi) is 9.20. The van der Waals surface area contributed by atoms with E-state index in [4.69, 9.17) is 18.7 Å². The zero-order chi connectivity index (χ0) is 31.3. The van der Waals surface area contributed by atoms with Gasteiger partial charge in [-0.15, -0.1) is 0 Å². The van der Waals surface area contributed by atoms with Gasteiger partial charge in [-0.2, -0.15) is 0 Å². The number of nitrogens with one attached hydrogen (secondary N) is 2. The van der Waals surface area contributed by atoms with Gasteiger partial charge in [-0.1, -0.05) is 32.0 Å². The number of nitrogens with zero attached hydrogens (tertiary/aromatic N) is 4. The van der Waals surface area contributed by atoms with Crippen LogP contribution >= 0.6 is 0 Å². The van der Waals surface area contributed by atoms with Crippen LogP contribution in [0.3, 0.4) is 0 Å². The molecule has 1 saturated heterocycles. The number of carbonyl (C=O) groups is 1. The molecule has 13 nitrogen and oxygen atoms in total. The first-order valence-electron chi connectivity index (χ1n) is 14.2. The van der Waals surface area contributed by atoms with Gasteiger partial charge in [0, 0.05) is 48.9 Å². The lowest BCUT2D eigenvalue weighted by atomic mass is 9.93. The molecule has 5 rings (SSSR count). The van der Waals surface area contributed by atoms with Crippen molar-refractivity contribution in [2.24, 2.45) is 0 Å². The SMILES string of the molecule is COc1cc2ncnc(Oc3cccc(NC(=O)Nc4cc(C(C)(C)C)on4)c3)c2cc1OCCCN1CCS(=O)(=O)CC1. The number of fused-ring (bicyclic) bond motifs is 1. The van der Waals surface area contributed by atoms with Gasteiger partial charge in [0.15, 0.2) is 27.2 Å². The van der Waals surface area contributed by atoms with Crippen LogP contribution in [-0.4, -0.2) is 79.3 Å². The molecule has 2 amide bonds. The molecule has 14 heteroatoms. The van der Waals surface area contributed by atoms with Crippen molar-refractivity contribution in [3.05, 3.63) is 54.6 Å². The minimum atomic E-state index is -2.91. The number of rotatable bonds is 10. The van der Waals surface area contributed by atoms with Gasteiger partial charge in [0.2, 0.25) is 5.88 Å². The van der Waals surface area contributed by atoms with Crippen LogP contribution in [0.2, 0.25) is 0 Å². The van der Waals surface area contributed by atoms with E-state index in [-0.39, 0.29) is 16.9 Å². The summed E-state index contributed by atoms with van der Waals surface area (Å²) in [5.41, 5.74) is 0.861. The van der Waals surface area contributed by atoms with E-state index in [2.05, 4.69) is 30.7 Å². The van der Waals surface area contributed by atoms with Crippen molar-refractivity contribution in [3.8, 4) is 23.1 Å². The van der Waals surface area contributed by atoms with E-state index >= 15 is 0 Å². The molecule has 3 heterocycles. The maximum atomic E-state index is 12.6. The number of amides is 2. The maximum absolute atomic E-state index is 12.6. The Balaban J connectivity index is 1.24. The van der Waals surface area contributed by atoms with Crippen LogP contribution in [0.4, 0.5) is 16.3 Å². The molecule has 0 spiro atoms. The first kappa shape index (κ1) is 31.0. The summed E-state index contributed by atoms with van der Waals surface area (Å²) >= 11 is 0. The highest BCUT2D eigenvalue weighted by atomic mass is 32.2. The Morgan fingerprint density at radius 2 is 1.84 bits per heavy atom. The number of hydrogen-bond acceptors (Lipinski definition) is 11. The molecule has 1 fully saturated rings. The normalized spacial score (nSPS) is 15.1. The molecular weight excluding hydrogens is 588 g/mol. The fraction of sp³-hybridized carbons (Fsp3) is 0.400. The number of anilines is 2. The molecule has 234 valence electrons. The summed E-state index contributed by atoms with van der Waals surface area (Å²) in [4.78, 5) is 23.4. The van der Waals surface area contributed by atoms with Crippen LogP contribution < -0.4 is 24.8 Å². The van der Waals surface area contributed by atoms with Crippen molar-refractivity contribution in [3.63, 3.8) is 0 Å². The third-order valence-corrected chi connectivity index (χ3v) is 8.60. The molecule has 44 heavy (non-hydrogen) atoms. The minimum Gasteiger partial charge on any atom is -0.493 e. The Bertz CT molecular complexity index is 1720. The van der Waals surface area contributed by atoms with Crippen LogP contribution in [0.1, 0.15) is 33.0 Å². The van der Waals surface area contributed by atoms with Gasteiger partial charge in [0.1, 0.15) is 17.8 Å². The minimum absolute atomic E-state index is 0.197. The Labute approximate surface area is 255 Å². The number of hydrogen-bond donors (Lipinski definition) is 2. The van der Waals surface area contributed by atoms with E-state index in [0.29, 0.717) is 71.0 Å². The van der Waals surface area contributed by atoms with Crippen molar-refractivity contribution in [2.75, 3.05) is 55.5 Å². The summed E-state index contributed by atoms with van der Waals surface area (Å²) in [6, 6.07) is 11.6. The Morgan fingerprint density at radius 1 is 1.05 bits per heavy atom. The smallest absolute Gasteiger partial charge is 0.324 e. The molecule has 0 radical (unpaired) electrons. The molecule has 2 aromatic carbocycles. The standard InChI is InChI=1S/C30H36N6O7S/c1-30(2,3)26-18-27(35-43-26)34-29(37)33-20-7-5-8-21(15-20)42-28-22-16-25(24(40-4)17-23(22)31-19-32-28)41-12-6-9-36-10-13-44(38,39)14-11-36/h5,7-8,15-19H,6,9-14H2,1-4H3,(H2,33,34,35,37). The number of benzene rings is 2. The van der Waals surface area contributed by atoms with E-state index in [1.165, 1.54) is 6.33 Å². The first-order chi connectivity index (χ1) is 21.0. The summed E-state index contributed by atoms with van der Waals surface area (Å²) in [7, 11) is -1.35. The average molecular weight is 625 g/mol. The third kappa shape index (κ3) is 7.94. The second-order valence-corrected chi connectivity index (χ2v) is 13.7. The van der Waals surface area contributed by atoms with Gasteiger partial charge in [-0.05, 0) is 24.6 Å². The molecule has 0 unspecified atom stereocenters. The van der Waals surface area contributed by atoms with Crippen molar-refractivity contribution in [2.45, 2.75) is 32.6 Å². The van der Waals surface area contributed by atoms with E-state index in [1.807, 2.05) is 20.8 Å². The van der Waals surface area contributed by atoms with E-state index in [0.717, 1.165) is 13.0 Å². The van der Waals surface area contributed by atoms with Gasteiger partial charge >= 0.3 is 6.03 Å². The monoisotopic (exact) mass is 624 g/mol. The van der Waals surface area contributed by atoms with Crippen LogP contribution in [-0.2, 0) is 15.3 Å². The van der Waals surface area contributed by atoms with E-state index in [1.54, 1.807) is 49.6 Å². The molecule has 0 bridgehead atoms. The van der Waals surface area contributed by atoms with E-state index in [9.17, 15) is 13.2 Å². The molecule has 1 aliphatic rings. The lowest BCUT2D eigenvalue weighted by Crippen LogP contribution is -2.40. The number of urea groups is 1.